The minimum Gasteiger partial charge on any atom is -0.530 e. The van der Waals surface area contributed by atoms with Gasteiger partial charge in [-0.3, -0.25) is 4.79 Å². The van der Waals surface area contributed by atoms with Crippen LogP contribution in [0.3, 0.4) is 0 Å². The topological polar surface area (TPSA) is 99.4 Å². The maximum absolute atomic E-state index is 10.7. The van der Waals surface area contributed by atoms with Crippen LogP contribution in [0.1, 0.15) is 6.42 Å². The Morgan fingerprint density at radius 3 is 2.67 bits per heavy atom. The van der Waals surface area contributed by atoms with Gasteiger partial charge in [-0.05, 0) is 12.1 Å². The Labute approximate surface area is 86.3 Å². The summed E-state index contributed by atoms with van der Waals surface area (Å²) < 4.78 is 0. The SMILES string of the molecule is NC(=O)CCN(C(=O)[O-])c1ccccn1. The molecule has 0 saturated carbocycles. The van der Waals surface area contributed by atoms with Crippen LogP contribution in [0, 0.1) is 0 Å². The fourth-order valence-corrected chi connectivity index (χ4v) is 1.03. The summed E-state index contributed by atoms with van der Waals surface area (Å²) in [5, 5.41) is 10.7. The van der Waals surface area contributed by atoms with Gasteiger partial charge in [-0.2, -0.15) is 0 Å². The number of amides is 2. The van der Waals surface area contributed by atoms with Crippen molar-refractivity contribution in [2.24, 2.45) is 5.73 Å². The van der Waals surface area contributed by atoms with Crippen LogP contribution < -0.4 is 15.7 Å². The average molecular weight is 208 g/mol. The van der Waals surface area contributed by atoms with Crippen molar-refractivity contribution in [2.75, 3.05) is 11.4 Å². The third kappa shape index (κ3) is 3.26. The van der Waals surface area contributed by atoms with Crippen molar-refractivity contribution < 1.29 is 14.7 Å². The van der Waals surface area contributed by atoms with Gasteiger partial charge in [0.1, 0.15) is 11.9 Å². The van der Waals surface area contributed by atoms with Crippen molar-refractivity contribution in [2.45, 2.75) is 6.42 Å². The second-order valence-corrected chi connectivity index (χ2v) is 2.82. The summed E-state index contributed by atoms with van der Waals surface area (Å²) in [4.78, 5) is 26.0. The van der Waals surface area contributed by atoms with Gasteiger partial charge >= 0.3 is 0 Å². The molecular formula is C9H10N3O3-. The molecule has 0 atom stereocenters. The summed E-state index contributed by atoms with van der Waals surface area (Å²) in [5.41, 5.74) is 4.92. The molecule has 0 fully saturated rings. The average Bonchev–Trinajstić information content (AvgIpc) is 2.18. The predicted molar refractivity (Wildman–Crippen MR) is 50.8 cm³/mol. The molecule has 2 N–H and O–H groups in total. The Balaban J connectivity index is 2.75. The van der Waals surface area contributed by atoms with Crippen LogP contribution in [0.25, 0.3) is 0 Å². The second kappa shape index (κ2) is 4.94. The van der Waals surface area contributed by atoms with Crippen LogP contribution >= 0.6 is 0 Å². The lowest BCUT2D eigenvalue weighted by Crippen LogP contribution is -2.43. The molecule has 0 saturated heterocycles. The van der Waals surface area contributed by atoms with Gasteiger partial charge in [-0.1, -0.05) is 6.07 Å². The van der Waals surface area contributed by atoms with E-state index in [1.807, 2.05) is 0 Å². The number of carbonyl (C=O) groups is 2. The van der Waals surface area contributed by atoms with E-state index >= 15 is 0 Å². The van der Waals surface area contributed by atoms with Gasteiger partial charge in [0.05, 0.1) is 0 Å². The minimum atomic E-state index is -1.41. The molecule has 0 aromatic carbocycles. The number of rotatable bonds is 4. The Bertz CT molecular complexity index is 353. The second-order valence-electron chi connectivity index (χ2n) is 2.82. The van der Waals surface area contributed by atoms with Crippen LogP contribution in [0.4, 0.5) is 10.6 Å². The van der Waals surface area contributed by atoms with E-state index in [1.165, 1.54) is 12.3 Å². The van der Waals surface area contributed by atoms with Crippen molar-refractivity contribution in [3.8, 4) is 0 Å². The van der Waals surface area contributed by atoms with E-state index in [9.17, 15) is 14.7 Å². The Morgan fingerprint density at radius 2 is 2.20 bits per heavy atom. The van der Waals surface area contributed by atoms with Crippen LogP contribution in [-0.2, 0) is 4.79 Å². The van der Waals surface area contributed by atoms with E-state index < -0.39 is 12.0 Å². The molecule has 0 aliphatic rings. The van der Waals surface area contributed by atoms with Crippen molar-refractivity contribution in [3.63, 3.8) is 0 Å². The normalized spacial score (nSPS) is 9.60. The number of primary amides is 1. The number of carbonyl (C=O) groups excluding carboxylic acids is 2. The number of hydrogen-bond acceptors (Lipinski definition) is 4. The van der Waals surface area contributed by atoms with E-state index in [-0.39, 0.29) is 18.8 Å². The Morgan fingerprint density at radius 1 is 1.47 bits per heavy atom. The standard InChI is InChI=1S/C9H11N3O3/c10-7(13)4-6-12(9(14)15)8-3-1-2-5-11-8/h1-3,5H,4,6H2,(H2,10,13)(H,14,15)/p-1. The van der Waals surface area contributed by atoms with E-state index in [2.05, 4.69) is 4.98 Å². The molecule has 1 aromatic heterocycles. The first-order chi connectivity index (χ1) is 7.11. The summed E-state index contributed by atoms with van der Waals surface area (Å²) in [6.45, 7) is -0.0469. The zero-order chi connectivity index (χ0) is 11.3. The van der Waals surface area contributed by atoms with Gasteiger partial charge in [-0.15, -0.1) is 0 Å². The molecule has 2 amide bonds. The smallest absolute Gasteiger partial charge is 0.219 e. The quantitative estimate of drug-likeness (QED) is 0.693. The zero-order valence-electron chi connectivity index (χ0n) is 7.92. The number of carboxylic acid groups (broad SMARTS) is 1. The molecule has 0 unspecified atom stereocenters. The number of pyridine rings is 1. The lowest BCUT2D eigenvalue weighted by atomic mass is 10.3. The van der Waals surface area contributed by atoms with Gasteiger partial charge in [0.15, 0.2) is 0 Å². The molecule has 0 spiro atoms. The van der Waals surface area contributed by atoms with Crippen LogP contribution in [0.15, 0.2) is 24.4 Å². The fourth-order valence-electron chi connectivity index (χ4n) is 1.03. The molecule has 0 bridgehead atoms. The molecule has 1 heterocycles. The number of nitrogens with two attached hydrogens (primary N) is 1. The van der Waals surface area contributed by atoms with Crippen molar-refractivity contribution >= 4 is 17.8 Å². The molecule has 6 nitrogen and oxygen atoms in total. The maximum Gasteiger partial charge on any atom is 0.219 e. The molecule has 6 heteroatoms. The van der Waals surface area contributed by atoms with E-state index in [0.29, 0.717) is 0 Å². The monoisotopic (exact) mass is 208 g/mol. The summed E-state index contributed by atoms with van der Waals surface area (Å²) in [5.74, 6) is -0.351. The van der Waals surface area contributed by atoms with Gasteiger partial charge in [-0.25, -0.2) is 4.98 Å². The third-order valence-corrected chi connectivity index (χ3v) is 1.73. The van der Waals surface area contributed by atoms with Crippen LogP contribution in [-0.4, -0.2) is 23.5 Å². The number of nitrogens with zero attached hydrogens (tertiary/aromatic N) is 2. The van der Waals surface area contributed by atoms with Gasteiger partial charge in [0, 0.05) is 19.2 Å². The fraction of sp³-hybridized carbons (Fsp3) is 0.222. The summed E-state index contributed by atoms with van der Waals surface area (Å²) in [6, 6.07) is 4.81. The van der Waals surface area contributed by atoms with Crippen LogP contribution in [0.2, 0.25) is 0 Å². The molecule has 0 aliphatic carbocycles. The first kappa shape index (κ1) is 11.0. The third-order valence-electron chi connectivity index (χ3n) is 1.73. The Kier molecular flexibility index (Phi) is 3.61. The van der Waals surface area contributed by atoms with E-state index in [0.717, 1.165) is 4.90 Å². The van der Waals surface area contributed by atoms with E-state index in [1.54, 1.807) is 12.1 Å². The zero-order valence-corrected chi connectivity index (χ0v) is 7.92. The minimum absolute atomic E-state index is 0.0469. The highest BCUT2D eigenvalue weighted by atomic mass is 16.4. The number of aromatic nitrogens is 1. The van der Waals surface area contributed by atoms with Gasteiger partial charge < -0.3 is 20.5 Å². The maximum atomic E-state index is 10.7. The van der Waals surface area contributed by atoms with Gasteiger partial charge in [0.25, 0.3) is 0 Å². The molecule has 0 radical (unpaired) electrons. The summed E-state index contributed by atoms with van der Waals surface area (Å²) >= 11 is 0. The largest absolute Gasteiger partial charge is 0.530 e. The highest BCUT2D eigenvalue weighted by molar-refractivity contribution is 5.84. The molecule has 1 aromatic rings. The van der Waals surface area contributed by atoms with Crippen molar-refractivity contribution in [1.29, 1.82) is 0 Å². The molecular weight excluding hydrogens is 198 g/mol. The first-order valence-electron chi connectivity index (χ1n) is 4.29. The summed E-state index contributed by atoms with van der Waals surface area (Å²) in [6.07, 6.45) is -0.0185. The summed E-state index contributed by atoms with van der Waals surface area (Å²) in [7, 11) is 0. The lowest BCUT2D eigenvalue weighted by molar-refractivity contribution is -0.246. The highest BCUT2D eigenvalue weighted by Crippen LogP contribution is 2.08. The van der Waals surface area contributed by atoms with Gasteiger partial charge in [0.2, 0.25) is 5.91 Å². The van der Waals surface area contributed by atoms with Crippen LogP contribution in [0.5, 0.6) is 0 Å². The predicted octanol–water partition coefficient (Wildman–Crippen LogP) is -0.893. The molecule has 80 valence electrons. The Hall–Kier alpha value is -2.11. The van der Waals surface area contributed by atoms with Crippen molar-refractivity contribution in [3.05, 3.63) is 24.4 Å². The van der Waals surface area contributed by atoms with E-state index in [4.69, 9.17) is 5.73 Å². The van der Waals surface area contributed by atoms with Crippen molar-refractivity contribution in [1.82, 2.24) is 4.98 Å². The number of anilines is 1. The molecule has 0 aliphatic heterocycles. The highest BCUT2D eigenvalue weighted by Gasteiger charge is 2.09. The first-order valence-corrected chi connectivity index (χ1v) is 4.29. The lowest BCUT2D eigenvalue weighted by Gasteiger charge is -2.23. The molecule has 1 rings (SSSR count). The molecule has 15 heavy (non-hydrogen) atoms. The number of hydrogen-bond donors (Lipinski definition) is 1.